The van der Waals surface area contributed by atoms with E-state index in [1.54, 1.807) is 6.07 Å². The van der Waals surface area contributed by atoms with Gasteiger partial charge in [-0.05, 0) is 48.1 Å². The van der Waals surface area contributed by atoms with Crippen molar-refractivity contribution in [2.24, 2.45) is 4.99 Å². The van der Waals surface area contributed by atoms with Crippen molar-refractivity contribution in [1.82, 2.24) is 4.31 Å². The van der Waals surface area contributed by atoms with E-state index in [0.29, 0.717) is 37.7 Å². The minimum Gasteiger partial charge on any atom is -0.492 e. The molecular formula is C23H30N2O3S. The SMILES string of the molecule is CCCOc1cc(C)c(C(C)C)cc1S(=O)(=O)N1CCN=C1Cc1ccccc1. The maximum atomic E-state index is 13.7. The van der Waals surface area contributed by atoms with Gasteiger partial charge in [0.25, 0.3) is 10.0 Å². The molecule has 2 aromatic rings. The molecule has 0 aromatic heterocycles. The van der Waals surface area contributed by atoms with Gasteiger partial charge in [-0.15, -0.1) is 0 Å². The number of nitrogens with zero attached hydrogens (tertiary/aromatic N) is 2. The molecule has 6 heteroatoms. The van der Waals surface area contributed by atoms with Crippen molar-refractivity contribution in [3.63, 3.8) is 0 Å². The van der Waals surface area contributed by atoms with Gasteiger partial charge in [-0.1, -0.05) is 51.1 Å². The van der Waals surface area contributed by atoms with Crippen molar-refractivity contribution in [2.45, 2.75) is 51.3 Å². The fourth-order valence-corrected chi connectivity index (χ4v) is 5.21. The van der Waals surface area contributed by atoms with E-state index in [4.69, 9.17) is 4.74 Å². The summed E-state index contributed by atoms with van der Waals surface area (Å²) in [5.74, 6) is 1.24. The highest BCUT2D eigenvalue weighted by atomic mass is 32.2. The molecule has 0 N–H and O–H groups in total. The summed E-state index contributed by atoms with van der Waals surface area (Å²) in [6, 6.07) is 13.5. The molecule has 3 rings (SSSR count). The van der Waals surface area contributed by atoms with E-state index in [1.165, 1.54) is 4.31 Å². The van der Waals surface area contributed by atoms with Crippen molar-refractivity contribution < 1.29 is 13.2 Å². The van der Waals surface area contributed by atoms with Crippen molar-refractivity contribution in [2.75, 3.05) is 19.7 Å². The van der Waals surface area contributed by atoms with Gasteiger partial charge in [-0.3, -0.25) is 9.30 Å². The lowest BCUT2D eigenvalue weighted by molar-refractivity contribution is 0.308. The van der Waals surface area contributed by atoms with E-state index in [1.807, 2.05) is 50.2 Å². The molecule has 0 saturated carbocycles. The molecule has 2 aromatic carbocycles. The van der Waals surface area contributed by atoms with Gasteiger partial charge in [0.2, 0.25) is 0 Å². The number of benzene rings is 2. The minimum atomic E-state index is -3.76. The zero-order valence-corrected chi connectivity index (χ0v) is 18.5. The Hall–Kier alpha value is -2.34. The lowest BCUT2D eigenvalue weighted by Gasteiger charge is -2.24. The second kappa shape index (κ2) is 8.99. The molecule has 1 aliphatic rings. The number of hydrogen-bond acceptors (Lipinski definition) is 4. The van der Waals surface area contributed by atoms with Gasteiger partial charge in [-0.2, -0.15) is 0 Å². The Morgan fingerprint density at radius 1 is 1.17 bits per heavy atom. The Labute approximate surface area is 174 Å². The number of aryl methyl sites for hydroxylation is 1. The summed E-state index contributed by atoms with van der Waals surface area (Å²) in [6.45, 7) is 9.48. The third-order valence-corrected chi connectivity index (χ3v) is 6.92. The zero-order valence-electron chi connectivity index (χ0n) is 17.7. The van der Waals surface area contributed by atoms with Crippen molar-refractivity contribution in [1.29, 1.82) is 0 Å². The second-order valence-electron chi connectivity index (χ2n) is 7.70. The Balaban J connectivity index is 2.01. The van der Waals surface area contributed by atoms with Gasteiger partial charge < -0.3 is 4.74 Å². The van der Waals surface area contributed by atoms with E-state index in [-0.39, 0.29) is 10.8 Å². The van der Waals surface area contributed by atoms with Crippen LogP contribution >= 0.6 is 0 Å². The number of ether oxygens (including phenoxy) is 1. The second-order valence-corrected chi connectivity index (χ2v) is 9.53. The van der Waals surface area contributed by atoms with Crippen molar-refractivity contribution in [3.05, 3.63) is 59.2 Å². The lowest BCUT2D eigenvalue weighted by Crippen LogP contribution is -2.35. The van der Waals surface area contributed by atoms with Crippen LogP contribution in [0.2, 0.25) is 0 Å². The first-order chi connectivity index (χ1) is 13.8. The van der Waals surface area contributed by atoms with Gasteiger partial charge in [0.1, 0.15) is 16.5 Å². The molecule has 0 radical (unpaired) electrons. The molecule has 1 aliphatic heterocycles. The Bertz CT molecular complexity index is 983. The maximum absolute atomic E-state index is 13.7. The van der Waals surface area contributed by atoms with Crippen LogP contribution < -0.4 is 4.74 Å². The Kier molecular flexibility index (Phi) is 6.63. The molecule has 0 unspecified atom stereocenters. The molecule has 1 heterocycles. The third kappa shape index (κ3) is 4.64. The molecule has 0 amide bonds. The first kappa shape index (κ1) is 21.4. The largest absolute Gasteiger partial charge is 0.492 e. The van der Waals surface area contributed by atoms with E-state index < -0.39 is 10.0 Å². The zero-order chi connectivity index (χ0) is 21.0. The highest BCUT2D eigenvalue weighted by Gasteiger charge is 2.33. The quantitative estimate of drug-likeness (QED) is 0.637. The lowest BCUT2D eigenvalue weighted by atomic mass is 9.98. The van der Waals surface area contributed by atoms with Crippen LogP contribution in [-0.4, -0.2) is 38.3 Å². The molecule has 156 valence electrons. The standard InChI is InChI=1S/C23H30N2O3S/c1-5-13-28-21-14-18(4)20(17(2)3)16-22(21)29(26,27)25-12-11-24-23(25)15-19-9-7-6-8-10-19/h6-10,14,16-17H,5,11-13,15H2,1-4H3. The number of hydrogen-bond donors (Lipinski definition) is 0. The molecular weight excluding hydrogens is 384 g/mol. The average Bonchev–Trinajstić information content (AvgIpc) is 3.15. The Morgan fingerprint density at radius 3 is 2.55 bits per heavy atom. The summed E-state index contributed by atoms with van der Waals surface area (Å²) < 4.78 is 34.6. The molecule has 0 bridgehead atoms. The summed E-state index contributed by atoms with van der Waals surface area (Å²) in [5.41, 5.74) is 3.11. The van der Waals surface area contributed by atoms with Crippen LogP contribution in [0.3, 0.4) is 0 Å². The highest BCUT2D eigenvalue weighted by molar-refractivity contribution is 7.89. The van der Waals surface area contributed by atoms with E-state index in [0.717, 1.165) is 23.1 Å². The van der Waals surface area contributed by atoms with E-state index in [2.05, 4.69) is 18.8 Å². The smallest absolute Gasteiger partial charge is 0.269 e. The first-order valence-electron chi connectivity index (χ1n) is 10.2. The third-order valence-electron chi connectivity index (χ3n) is 5.07. The van der Waals surface area contributed by atoms with Crippen LogP contribution in [0.25, 0.3) is 0 Å². The van der Waals surface area contributed by atoms with Gasteiger partial charge in [-0.25, -0.2) is 8.42 Å². The predicted octanol–water partition coefficient (Wildman–Crippen LogP) is 4.55. The molecule has 0 fully saturated rings. The van der Waals surface area contributed by atoms with Crippen LogP contribution in [0, 0.1) is 6.92 Å². The van der Waals surface area contributed by atoms with Crippen LogP contribution in [0.1, 0.15) is 49.8 Å². The minimum absolute atomic E-state index is 0.222. The fourth-order valence-electron chi connectivity index (χ4n) is 3.60. The van der Waals surface area contributed by atoms with E-state index in [9.17, 15) is 8.42 Å². The molecule has 0 spiro atoms. The molecule has 29 heavy (non-hydrogen) atoms. The van der Waals surface area contributed by atoms with Crippen molar-refractivity contribution >= 4 is 15.9 Å². The summed E-state index contributed by atoms with van der Waals surface area (Å²) in [4.78, 5) is 4.73. The molecule has 0 atom stereocenters. The first-order valence-corrected chi connectivity index (χ1v) is 11.7. The molecule has 0 aliphatic carbocycles. The number of aliphatic imine (C=N–C) groups is 1. The maximum Gasteiger partial charge on any atom is 0.269 e. The number of amidine groups is 1. The molecule has 5 nitrogen and oxygen atoms in total. The van der Waals surface area contributed by atoms with Crippen LogP contribution in [0.4, 0.5) is 0 Å². The van der Waals surface area contributed by atoms with Crippen LogP contribution in [-0.2, 0) is 16.4 Å². The fraction of sp³-hybridized carbons (Fsp3) is 0.435. The molecule has 0 saturated heterocycles. The van der Waals surface area contributed by atoms with Crippen molar-refractivity contribution in [3.8, 4) is 5.75 Å². The number of rotatable bonds is 8. The summed E-state index contributed by atoms with van der Waals surface area (Å²) in [6.07, 6.45) is 1.31. The normalized spacial score (nSPS) is 14.4. The van der Waals surface area contributed by atoms with Gasteiger partial charge in [0.05, 0.1) is 19.7 Å². The average molecular weight is 415 g/mol. The summed E-state index contributed by atoms with van der Waals surface area (Å²) >= 11 is 0. The topological polar surface area (TPSA) is 59.0 Å². The summed E-state index contributed by atoms with van der Waals surface area (Å²) in [7, 11) is -3.76. The van der Waals surface area contributed by atoms with E-state index >= 15 is 0 Å². The van der Waals surface area contributed by atoms with Crippen LogP contribution in [0.5, 0.6) is 5.75 Å². The van der Waals surface area contributed by atoms with Gasteiger partial charge in [0.15, 0.2) is 0 Å². The highest BCUT2D eigenvalue weighted by Crippen LogP contribution is 2.34. The predicted molar refractivity (Wildman–Crippen MR) is 117 cm³/mol. The number of sulfonamides is 1. The van der Waals surface area contributed by atoms with Gasteiger partial charge in [0, 0.05) is 6.42 Å². The monoisotopic (exact) mass is 414 g/mol. The van der Waals surface area contributed by atoms with Crippen LogP contribution in [0.15, 0.2) is 52.4 Å². The summed E-state index contributed by atoms with van der Waals surface area (Å²) in [5, 5.41) is 0. The Morgan fingerprint density at radius 2 is 1.90 bits per heavy atom. The van der Waals surface area contributed by atoms with Gasteiger partial charge >= 0.3 is 0 Å².